The summed E-state index contributed by atoms with van der Waals surface area (Å²) in [5, 5.41) is 6.81. The van der Waals surface area contributed by atoms with Gasteiger partial charge in [0.1, 0.15) is 0 Å². The number of aliphatic imine (C=N–C) groups is 1. The van der Waals surface area contributed by atoms with E-state index >= 15 is 0 Å². The quantitative estimate of drug-likeness (QED) is 0.271. The largest absolute Gasteiger partial charge is 0.379 e. The van der Waals surface area contributed by atoms with Crippen molar-refractivity contribution in [2.75, 3.05) is 60.1 Å². The summed E-state index contributed by atoms with van der Waals surface area (Å²) in [5.41, 5.74) is 0. The minimum atomic E-state index is 0. The first-order valence-electron chi connectivity index (χ1n) is 8.60. The Morgan fingerprint density at radius 3 is 2.70 bits per heavy atom. The molecular weight excluding hydrogens is 407 g/mol. The zero-order valence-electron chi connectivity index (χ0n) is 14.6. The van der Waals surface area contributed by atoms with Gasteiger partial charge in [-0.1, -0.05) is 0 Å². The van der Waals surface area contributed by atoms with Crippen molar-refractivity contribution in [2.45, 2.75) is 31.8 Å². The van der Waals surface area contributed by atoms with E-state index in [1.807, 2.05) is 7.05 Å². The lowest BCUT2D eigenvalue weighted by Gasteiger charge is -2.29. The number of piperidine rings is 1. The fourth-order valence-corrected chi connectivity index (χ4v) is 2.90. The molecule has 0 aliphatic carbocycles. The Hall–Kier alpha value is -0.120. The van der Waals surface area contributed by atoms with E-state index in [1.54, 1.807) is 0 Å². The van der Waals surface area contributed by atoms with Gasteiger partial charge >= 0.3 is 0 Å². The summed E-state index contributed by atoms with van der Waals surface area (Å²) < 4.78 is 11.0. The highest BCUT2D eigenvalue weighted by Crippen LogP contribution is 2.14. The van der Waals surface area contributed by atoms with Gasteiger partial charge in [0, 0.05) is 33.4 Å². The first-order chi connectivity index (χ1) is 10.8. The van der Waals surface area contributed by atoms with Crippen LogP contribution in [0.1, 0.15) is 25.7 Å². The van der Waals surface area contributed by atoms with E-state index in [0.29, 0.717) is 6.10 Å². The fourth-order valence-electron chi connectivity index (χ4n) is 2.90. The number of rotatable bonds is 7. The SMILES string of the molecule is CN=C(NCCCOC1CCOC1)NCC1CCN(C)CC1.I. The van der Waals surface area contributed by atoms with Crippen molar-refractivity contribution in [3.05, 3.63) is 0 Å². The van der Waals surface area contributed by atoms with Crippen molar-refractivity contribution in [3.63, 3.8) is 0 Å². The van der Waals surface area contributed by atoms with Gasteiger partial charge in [-0.3, -0.25) is 4.99 Å². The molecule has 2 aliphatic rings. The van der Waals surface area contributed by atoms with Crippen molar-refractivity contribution in [3.8, 4) is 0 Å². The van der Waals surface area contributed by atoms with Crippen LogP contribution in [0, 0.1) is 5.92 Å². The van der Waals surface area contributed by atoms with Crippen molar-refractivity contribution in [1.82, 2.24) is 15.5 Å². The Labute approximate surface area is 157 Å². The molecule has 2 fully saturated rings. The van der Waals surface area contributed by atoms with E-state index in [1.165, 1.54) is 25.9 Å². The average molecular weight is 440 g/mol. The van der Waals surface area contributed by atoms with Gasteiger partial charge in [0.2, 0.25) is 0 Å². The zero-order valence-corrected chi connectivity index (χ0v) is 16.9. The van der Waals surface area contributed by atoms with Crippen LogP contribution in [-0.2, 0) is 9.47 Å². The van der Waals surface area contributed by atoms with Crippen molar-refractivity contribution >= 4 is 29.9 Å². The molecule has 0 aromatic heterocycles. The van der Waals surface area contributed by atoms with Gasteiger partial charge in [0.25, 0.3) is 0 Å². The second-order valence-corrected chi connectivity index (χ2v) is 6.34. The highest BCUT2D eigenvalue weighted by atomic mass is 127. The number of nitrogens with zero attached hydrogens (tertiary/aromatic N) is 2. The molecule has 2 saturated heterocycles. The van der Waals surface area contributed by atoms with Crippen LogP contribution in [0.25, 0.3) is 0 Å². The van der Waals surface area contributed by atoms with E-state index in [4.69, 9.17) is 9.47 Å². The highest BCUT2D eigenvalue weighted by molar-refractivity contribution is 14.0. The van der Waals surface area contributed by atoms with Crippen molar-refractivity contribution in [2.24, 2.45) is 10.9 Å². The lowest BCUT2D eigenvalue weighted by Crippen LogP contribution is -2.42. The summed E-state index contributed by atoms with van der Waals surface area (Å²) in [6, 6.07) is 0. The predicted octanol–water partition coefficient (Wildman–Crippen LogP) is 1.31. The summed E-state index contributed by atoms with van der Waals surface area (Å²) in [4.78, 5) is 6.69. The number of halogens is 1. The third-order valence-corrected chi connectivity index (χ3v) is 4.47. The highest BCUT2D eigenvalue weighted by Gasteiger charge is 2.17. The molecule has 0 aromatic rings. The molecule has 136 valence electrons. The van der Waals surface area contributed by atoms with E-state index < -0.39 is 0 Å². The first kappa shape index (κ1) is 20.9. The minimum absolute atomic E-state index is 0. The summed E-state index contributed by atoms with van der Waals surface area (Å²) in [7, 11) is 4.03. The molecule has 0 amide bonds. The van der Waals surface area contributed by atoms with Gasteiger partial charge in [-0.05, 0) is 51.7 Å². The molecule has 2 rings (SSSR count). The van der Waals surface area contributed by atoms with E-state index in [0.717, 1.165) is 57.6 Å². The molecular formula is C16H33IN4O2. The summed E-state index contributed by atoms with van der Waals surface area (Å²) in [5.74, 6) is 1.67. The molecule has 7 heteroatoms. The van der Waals surface area contributed by atoms with Crippen molar-refractivity contribution < 1.29 is 9.47 Å². The molecule has 1 atom stereocenters. The molecule has 2 heterocycles. The first-order valence-corrected chi connectivity index (χ1v) is 8.60. The number of hydrogen-bond acceptors (Lipinski definition) is 4. The van der Waals surface area contributed by atoms with Crippen LogP contribution in [-0.4, -0.2) is 77.1 Å². The Balaban J connectivity index is 0.00000264. The minimum Gasteiger partial charge on any atom is -0.379 e. The number of likely N-dealkylation sites (tertiary alicyclic amines) is 1. The number of ether oxygens (including phenoxy) is 2. The van der Waals surface area contributed by atoms with E-state index in [2.05, 4.69) is 27.6 Å². The van der Waals surface area contributed by atoms with E-state index in [-0.39, 0.29) is 24.0 Å². The summed E-state index contributed by atoms with van der Waals surface area (Å²) >= 11 is 0. The van der Waals surface area contributed by atoms with Gasteiger partial charge in [-0.15, -0.1) is 24.0 Å². The predicted molar refractivity (Wildman–Crippen MR) is 105 cm³/mol. The molecule has 0 bridgehead atoms. The normalized spacial score (nSPS) is 23.6. The van der Waals surface area contributed by atoms with Crippen LogP contribution >= 0.6 is 24.0 Å². The Morgan fingerprint density at radius 2 is 2.04 bits per heavy atom. The van der Waals surface area contributed by atoms with Gasteiger partial charge in [0.15, 0.2) is 5.96 Å². The Kier molecular flexibility index (Phi) is 11.2. The molecule has 2 aliphatic heterocycles. The van der Waals surface area contributed by atoms with Crippen LogP contribution in [0.3, 0.4) is 0 Å². The second kappa shape index (κ2) is 12.3. The maximum absolute atomic E-state index is 5.75. The maximum atomic E-state index is 5.75. The third-order valence-electron chi connectivity index (χ3n) is 4.47. The monoisotopic (exact) mass is 440 g/mol. The van der Waals surface area contributed by atoms with Gasteiger partial charge in [-0.2, -0.15) is 0 Å². The van der Waals surface area contributed by atoms with E-state index in [9.17, 15) is 0 Å². The molecule has 0 spiro atoms. The second-order valence-electron chi connectivity index (χ2n) is 6.34. The standard InChI is InChI=1S/C16H32N4O2.HI/c1-17-16(19-12-14-4-8-20(2)9-5-14)18-7-3-10-22-15-6-11-21-13-15;/h14-15H,3-13H2,1-2H3,(H2,17,18,19);1H. The average Bonchev–Trinajstić information content (AvgIpc) is 3.05. The van der Waals surface area contributed by atoms with Crippen LogP contribution in [0.4, 0.5) is 0 Å². The smallest absolute Gasteiger partial charge is 0.190 e. The Morgan fingerprint density at radius 1 is 1.26 bits per heavy atom. The molecule has 23 heavy (non-hydrogen) atoms. The lowest BCUT2D eigenvalue weighted by molar-refractivity contribution is 0.0420. The van der Waals surface area contributed by atoms with Crippen LogP contribution < -0.4 is 10.6 Å². The molecule has 2 N–H and O–H groups in total. The third kappa shape index (κ3) is 8.51. The molecule has 0 saturated carbocycles. The van der Waals surface area contributed by atoms with Gasteiger partial charge in [-0.25, -0.2) is 0 Å². The number of nitrogens with one attached hydrogen (secondary N) is 2. The fraction of sp³-hybridized carbons (Fsp3) is 0.938. The number of hydrogen-bond donors (Lipinski definition) is 2. The maximum Gasteiger partial charge on any atom is 0.190 e. The number of guanidine groups is 1. The molecule has 6 nitrogen and oxygen atoms in total. The topological polar surface area (TPSA) is 58.1 Å². The van der Waals surface area contributed by atoms with Crippen LogP contribution in [0.5, 0.6) is 0 Å². The van der Waals surface area contributed by atoms with Gasteiger partial charge in [0.05, 0.1) is 12.7 Å². The summed E-state index contributed by atoms with van der Waals surface area (Å²) in [6.45, 7) is 6.71. The molecule has 1 unspecified atom stereocenters. The lowest BCUT2D eigenvalue weighted by atomic mass is 9.97. The Bertz CT molecular complexity index is 330. The van der Waals surface area contributed by atoms with Gasteiger partial charge < -0.3 is 25.0 Å². The zero-order chi connectivity index (χ0) is 15.6. The molecule has 0 radical (unpaired) electrons. The van der Waals surface area contributed by atoms with Crippen LogP contribution in [0.15, 0.2) is 4.99 Å². The summed E-state index contributed by atoms with van der Waals surface area (Å²) in [6.07, 6.45) is 4.88. The van der Waals surface area contributed by atoms with Crippen molar-refractivity contribution in [1.29, 1.82) is 0 Å². The molecule has 0 aromatic carbocycles. The van der Waals surface area contributed by atoms with Crippen LogP contribution in [0.2, 0.25) is 0 Å².